The number of nitrogens with two attached hydrogens (primary N) is 1. The van der Waals surface area contributed by atoms with Crippen molar-refractivity contribution in [1.82, 2.24) is 10.6 Å². The van der Waals surface area contributed by atoms with E-state index in [1.807, 2.05) is 53.9 Å². The summed E-state index contributed by atoms with van der Waals surface area (Å²) in [6.45, 7) is 0.473. The van der Waals surface area contributed by atoms with Gasteiger partial charge in [0.1, 0.15) is 0 Å². The van der Waals surface area contributed by atoms with Crippen molar-refractivity contribution >= 4 is 23.3 Å². The standard InChI is InChI=1S/C22H23N3O2S/c23-22(27)25-19(20-12-7-13-28-20)14-21(26)24-15-18(16-8-3-1-4-9-16)17-10-5-2-6-11-17/h1-13,18-19H,14-15H2,(H,24,26)(H3,23,25,27). The van der Waals surface area contributed by atoms with Gasteiger partial charge in [-0.15, -0.1) is 11.3 Å². The van der Waals surface area contributed by atoms with Crippen molar-refractivity contribution < 1.29 is 9.59 Å². The predicted molar refractivity (Wildman–Crippen MR) is 112 cm³/mol. The molecule has 3 aromatic rings. The minimum Gasteiger partial charge on any atom is -0.355 e. The van der Waals surface area contributed by atoms with Gasteiger partial charge in [-0.3, -0.25) is 4.79 Å². The third-order valence-electron chi connectivity index (χ3n) is 4.50. The van der Waals surface area contributed by atoms with E-state index in [-0.39, 0.29) is 18.2 Å². The summed E-state index contributed by atoms with van der Waals surface area (Å²) < 4.78 is 0. The first-order valence-electron chi connectivity index (χ1n) is 9.09. The van der Waals surface area contributed by atoms with Gasteiger partial charge in [0.05, 0.1) is 12.5 Å². The Balaban J connectivity index is 1.68. The summed E-state index contributed by atoms with van der Waals surface area (Å²) in [5.74, 6) is -0.0837. The number of amides is 3. The quantitative estimate of drug-likeness (QED) is 0.544. The Morgan fingerprint density at radius 2 is 1.50 bits per heavy atom. The highest BCUT2D eigenvalue weighted by atomic mass is 32.1. The number of benzene rings is 2. The molecule has 28 heavy (non-hydrogen) atoms. The van der Waals surface area contributed by atoms with Crippen molar-refractivity contribution in [2.24, 2.45) is 5.73 Å². The lowest BCUT2D eigenvalue weighted by molar-refractivity contribution is -0.121. The van der Waals surface area contributed by atoms with Crippen LogP contribution in [0.1, 0.15) is 34.4 Å². The Morgan fingerprint density at radius 1 is 0.893 bits per heavy atom. The van der Waals surface area contributed by atoms with E-state index in [4.69, 9.17) is 5.73 Å². The van der Waals surface area contributed by atoms with Crippen LogP contribution in [0.15, 0.2) is 78.2 Å². The topological polar surface area (TPSA) is 84.2 Å². The van der Waals surface area contributed by atoms with Gasteiger partial charge >= 0.3 is 6.03 Å². The van der Waals surface area contributed by atoms with Gasteiger partial charge < -0.3 is 16.4 Å². The number of nitrogens with one attached hydrogen (secondary N) is 2. The first-order valence-corrected chi connectivity index (χ1v) is 9.97. The van der Waals surface area contributed by atoms with Crippen LogP contribution in [0.25, 0.3) is 0 Å². The zero-order valence-corrected chi connectivity index (χ0v) is 16.2. The van der Waals surface area contributed by atoms with Gasteiger partial charge in [-0.2, -0.15) is 0 Å². The minimum atomic E-state index is -0.641. The first kappa shape index (κ1) is 19.6. The fourth-order valence-corrected chi connectivity index (χ4v) is 3.93. The number of carbonyl (C=O) groups is 2. The zero-order valence-electron chi connectivity index (χ0n) is 15.4. The van der Waals surface area contributed by atoms with Gasteiger partial charge in [-0.25, -0.2) is 4.79 Å². The lowest BCUT2D eigenvalue weighted by Gasteiger charge is -2.20. The molecule has 6 heteroatoms. The largest absolute Gasteiger partial charge is 0.355 e. The summed E-state index contributed by atoms with van der Waals surface area (Å²) >= 11 is 1.48. The second-order valence-electron chi connectivity index (χ2n) is 6.46. The molecule has 0 aliphatic rings. The lowest BCUT2D eigenvalue weighted by Crippen LogP contribution is -2.37. The second-order valence-corrected chi connectivity index (χ2v) is 7.44. The molecule has 144 valence electrons. The predicted octanol–water partition coefficient (Wildman–Crippen LogP) is 3.80. The van der Waals surface area contributed by atoms with Crippen LogP contribution in [-0.2, 0) is 4.79 Å². The molecule has 1 aromatic heterocycles. The third kappa shape index (κ3) is 5.44. The molecular formula is C22H23N3O2S. The van der Waals surface area contributed by atoms with Crippen molar-refractivity contribution in [3.8, 4) is 0 Å². The normalized spacial score (nSPS) is 11.8. The van der Waals surface area contributed by atoms with E-state index in [2.05, 4.69) is 34.9 Å². The molecule has 1 unspecified atom stereocenters. The second kappa shape index (κ2) is 9.71. The maximum Gasteiger partial charge on any atom is 0.312 e. The van der Waals surface area contributed by atoms with Crippen LogP contribution in [0, 0.1) is 0 Å². The molecule has 4 N–H and O–H groups in total. The number of hydrogen-bond donors (Lipinski definition) is 3. The molecule has 0 fully saturated rings. The van der Waals surface area contributed by atoms with Crippen molar-refractivity contribution in [2.75, 3.05) is 6.54 Å². The maximum atomic E-state index is 12.6. The van der Waals surface area contributed by atoms with Crippen LogP contribution in [0.2, 0.25) is 0 Å². The summed E-state index contributed by atoms with van der Waals surface area (Å²) in [7, 11) is 0. The Morgan fingerprint density at radius 3 is 2.00 bits per heavy atom. The SMILES string of the molecule is NC(=O)NC(CC(=O)NCC(c1ccccc1)c1ccccc1)c1cccs1. The summed E-state index contributed by atoms with van der Waals surface area (Å²) in [6.07, 6.45) is 0.139. The van der Waals surface area contributed by atoms with Crippen molar-refractivity contribution in [2.45, 2.75) is 18.4 Å². The van der Waals surface area contributed by atoms with Crippen molar-refractivity contribution in [3.63, 3.8) is 0 Å². The molecular weight excluding hydrogens is 370 g/mol. The molecule has 0 aliphatic heterocycles. The zero-order chi connectivity index (χ0) is 19.8. The van der Waals surface area contributed by atoms with Gasteiger partial charge in [0, 0.05) is 17.3 Å². The minimum absolute atomic E-state index is 0.0515. The summed E-state index contributed by atoms with van der Waals surface area (Å²) in [5, 5.41) is 7.58. The van der Waals surface area contributed by atoms with Crippen LogP contribution in [0.5, 0.6) is 0 Å². The van der Waals surface area contributed by atoms with Gasteiger partial charge in [-0.05, 0) is 22.6 Å². The number of urea groups is 1. The molecule has 5 nitrogen and oxygen atoms in total. The molecule has 1 heterocycles. The average molecular weight is 394 g/mol. The Labute approximate surface area is 168 Å². The highest BCUT2D eigenvalue weighted by Gasteiger charge is 2.20. The lowest BCUT2D eigenvalue weighted by atomic mass is 9.91. The van der Waals surface area contributed by atoms with E-state index in [1.54, 1.807) is 0 Å². The molecule has 0 radical (unpaired) electrons. The molecule has 0 saturated carbocycles. The summed E-state index contributed by atoms with van der Waals surface area (Å²) in [5.41, 5.74) is 7.55. The van der Waals surface area contributed by atoms with E-state index in [9.17, 15) is 9.59 Å². The van der Waals surface area contributed by atoms with Crippen LogP contribution in [0.4, 0.5) is 4.79 Å². The average Bonchev–Trinajstić information content (AvgIpc) is 3.24. The van der Waals surface area contributed by atoms with Gasteiger partial charge in [0.25, 0.3) is 0 Å². The highest BCUT2D eigenvalue weighted by molar-refractivity contribution is 7.10. The van der Waals surface area contributed by atoms with E-state index in [0.717, 1.165) is 16.0 Å². The van der Waals surface area contributed by atoms with Crippen LogP contribution in [-0.4, -0.2) is 18.5 Å². The fourth-order valence-electron chi connectivity index (χ4n) is 3.16. The fraction of sp³-hybridized carbons (Fsp3) is 0.182. The Bertz CT molecular complexity index is 843. The molecule has 2 aromatic carbocycles. The van der Waals surface area contributed by atoms with Gasteiger partial charge in [-0.1, -0.05) is 66.7 Å². The molecule has 0 saturated heterocycles. The van der Waals surface area contributed by atoms with E-state index in [1.165, 1.54) is 11.3 Å². The van der Waals surface area contributed by atoms with Crippen LogP contribution >= 0.6 is 11.3 Å². The molecule has 3 rings (SSSR count). The summed E-state index contributed by atoms with van der Waals surface area (Å²) in [6, 6.07) is 22.9. The van der Waals surface area contributed by atoms with Crippen molar-refractivity contribution in [1.29, 1.82) is 0 Å². The summed E-state index contributed by atoms with van der Waals surface area (Å²) in [4.78, 5) is 24.8. The molecule has 0 spiro atoms. The number of thiophene rings is 1. The van der Waals surface area contributed by atoms with Crippen LogP contribution in [0.3, 0.4) is 0 Å². The van der Waals surface area contributed by atoms with Crippen LogP contribution < -0.4 is 16.4 Å². The number of carbonyl (C=O) groups excluding carboxylic acids is 2. The van der Waals surface area contributed by atoms with E-state index < -0.39 is 12.1 Å². The number of rotatable bonds is 8. The number of hydrogen-bond acceptors (Lipinski definition) is 3. The smallest absolute Gasteiger partial charge is 0.312 e. The third-order valence-corrected chi connectivity index (χ3v) is 5.49. The number of primary amides is 1. The molecule has 0 bridgehead atoms. The van der Waals surface area contributed by atoms with Crippen molar-refractivity contribution in [3.05, 3.63) is 94.2 Å². The molecule has 1 atom stereocenters. The Hall–Kier alpha value is -3.12. The maximum absolute atomic E-state index is 12.6. The van der Waals surface area contributed by atoms with E-state index >= 15 is 0 Å². The molecule has 3 amide bonds. The first-order chi connectivity index (χ1) is 13.6. The van der Waals surface area contributed by atoms with Gasteiger partial charge in [0.15, 0.2) is 0 Å². The molecule has 0 aliphatic carbocycles. The monoisotopic (exact) mass is 393 g/mol. The van der Waals surface area contributed by atoms with Gasteiger partial charge in [0.2, 0.25) is 5.91 Å². The highest BCUT2D eigenvalue weighted by Crippen LogP contribution is 2.25. The Kier molecular flexibility index (Phi) is 6.81. The van der Waals surface area contributed by atoms with E-state index in [0.29, 0.717) is 6.54 Å².